The van der Waals surface area contributed by atoms with Crippen LogP contribution in [0.3, 0.4) is 0 Å². The molecule has 0 saturated carbocycles. The predicted octanol–water partition coefficient (Wildman–Crippen LogP) is -3.96. The van der Waals surface area contributed by atoms with E-state index in [0.29, 0.717) is 68.2 Å². The lowest BCUT2D eigenvalue weighted by Crippen LogP contribution is -2.60. The second-order valence-corrected chi connectivity index (χ2v) is 20.8. The second kappa shape index (κ2) is 37.1. The van der Waals surface area contributed by atoms with Gasteiger partial charge in [0.1, 0.15) is 36.3 Å². The molecule has 87 heavy (non-hydrogen) atoms. The summed E-state index contributed by atoms with van der Waals surface area (Å²) in [6.45, 7) is 1.52. The van der Waals surface area contributed by atoms with Gasteiger partial charge in [0.25, 0.3) is 0 Å². The number of hydrogen-bond donors (Lipinski definition) is 17. The Morgan fingerprint density at radius 1 is 0.621 bits per heavy atom. The highest BCUT2D eigenvalue weighted by Gasteiger charge is 2.33. The van der Waals surface area contributed by atoms with E-state index in [2.05, 4.69) is 57.4 Å². The van der Waals surface area contributed by atoms with Crippen molar-refractivity contribution < 1.29 is 88.8 Å². The molecule has 0 bridgehead atoms. The van der Waals surface area contributed by atoms with E-state index in [9.17, 15) is 88.8 Å². The summed E-state index contributed by atoms with van der Waals surface area (Å²) in [6, 6.07) is 5.92. The number of carbonyl (C=O) groups is 10. The molecule has 0 aliphatic carbocycles. The highest BCUT2D eigenvalue weighted by molar-refractivity contribution is 7.80. The predicted molar refractivity (Wildman–Crippen MR) is 313 cm³/mol. The van der Waals surface area contributed by atoms with Crippen molar-refractivity contribution in [2.45, 2.75) is 101 Å². The van der Waals surface area contributed by atoms with E-state index in [-0.39, 0.29) is 63.4 Å². The van der Waals surface area contributed by atoms with E-state index in [1.165, 1.54) is 19.4 Å². The molecule has 0 radical (unpaired) electrons. The number of carbonyl (C=O) groups excluding carboxylic acids is 6. The van der Waals surface area contributed by atoms with Gasteiger partial charge in [-0.05, 0) is 67.2 Å². The summed E-state index contributed by atoms with van der Waals surface area (Å²) in [4.78, 5) is 140. The number of amides is 6. The summed E-state index contributed by atoms with van der Waals surface area (Å²) in [5.74, 6) is -11.0. The number of aromatic amines is 1. The Balaban J connectivity index is 1.30. The van der Waals surface area contributed by atoms with Crippen molar-refractivity contribution in [1.29, 1.82) is 0 Å². The number of benzene rings is 2. The average molecular weight is 1240 g/mol. The molecule has 6 amide bonds. The SMILES string of the molecule is CC(NC(=O)[C@H](CC(=O)O)NC(=O)CCCNC(=S)Nc1ccc(CN2CCN(CC(=O)O)CC/C=C(\C(O)O)CCN(CC(=O)O)CC2)cc1)C(=O)N[C@@H](Cc1cnc[nH]1)C(=O)N[C@@H](CO)C(=O)N[C@@H](Cc1ccccc1)C(=O)N[C@@H](CO)C(=O)O. The highest BCUT2D eigenvalue weighted by atomic mass is 32.1. The first-order valence-electron chi connectivity index (χ1n) is 27.7. The normalized spacial score (nSPS) is 16.4. The number of imidazole rings is 1. The number of aromatic nitrogens is 2. The third-order valence-corrected chi connectivity index (χ3v) is 13.7. The molecule has 0 saturated heterocycles. The molecule has 31 nitrogen and oxygen atoms in total. The van der Waals surface area contributed by atoms with Crippen molar-refractivity contribution in [3.63, 3.8) is 0 Å². The van der Waals surface area contributed by atoms with Gasteiger partial charge in [0, 0.05) is 89.2 Å². The van der Waals surface area contributed by atoms with Gasteiger partial charge in [-0.2, -0.15) is 0 Å². The van der Waals surface area contributed by atoms with Crippen molar-refractivity contribution in [2.24, 2.45) is 0 Å². The minimum atomic E-state index is -1.75. The van der Waals surface area contributed by atoms with Gasteiger partial charge in [-0.3, -0.25) is 57.9 Å². The van der Waals surface area contributed by atoms with Crippen LogP contribution in [0.2, 0.25) is 0 Å². The summed E-state index contributed by atoms with van der Waals surface area (Å²) in [5.41, 5.74) is 2.66. The van der Waals surface area contributed by atoms with Crippen LogP contribution in [-0.2, 0) is 67.3 Å². The number of thiocarbonyl (C=S) groups is 1. The number of rotatable bonds is 32. The Labute approximate surface area is 505 Å². The first-order valence-corrected chi connectivity index (χ1v) is 28.1. The summed E-state index contributed by atoms with van der Waals surface area (Å²) >= 11 is 5.45. The maximum absolute atomic E-state index is 13.8. The van der Waals surface area contributed by atoms with Crippen molar-refractivity contribution in [3.8, 4) is 0 Å². The van der Waals surface area contributed by atoms with Gasteiger partial charge in [-0.15, -0.1) is 0 Å². The third-order valence-electron chi connectivity index (χ3n) is 13.5. The molecule has 476 valence electrons. The van der Waals surface area contributed by atoms with Crippen molar-refractivity contribution in [3.05, 3.63) is 95.6 Å². The van der Waals surface area contributed by atoms with E-state index in [1.54, 1.807) is 58.3 Å². The lowest BCUT2D eigenvalue weighted by atomic mass is 10.0. The molecule has 1 aliphatic rings. The topological polar surface area (TPSA) is 467 Å². The lowest BCUT2D eigenvalue weighted by Gasteiger charge is -2.29. The smallest absolute Gasteiger partial charge is 0.328 e. The third kappa shape index (κ3) is 26.8. The maximum Gasteiger partial charge on any atom is 0.328 e. The molecular weight excluding hydrogens is 1160 g/mol. The zero-order valence-corrected chi connectivity index (χ0v) is 48.6. The van der Waals surface area contributed by atoms with E-state index in [0.717, 1.165) is 5.56 Å². The zero-order chi connectivity index (χ0) is 64.0. The van der Waals surface area contributed by atoms with Crippen LogP contribution >= 0.6 is 12.2 Å². The van der Waals surface area contributed by atoms with Gasteiger partial charge in [0.15, 0.2) is 11.4 Å². The fourth-order valence-corrected chi connectivity index (χ4v) is 9.02. The number of aliphatic carboxylic acids is 4. The minimum absolute atomic E-state index is 0.164. The minimum Gasteiger partial charge on any atom is -0.481 e. The van der Waals surface area contributed by atoms with Gasteiger partial charge >= 0.3 is 23.9 Å². The number of carboxylic acid groups (broad SMARTS) is 4. The molecule has 2 aromatic carbocycles. The van der Waals surface area contributed by atoms with Crippen LogP contribution in [-0.4, -0.2) is 245 Å². The van der Waals surface area contributed by atoms with E-state index in [4.69, 9.17) is 12.2 Å². The largest absolute Gasteiger partial charge is 0.481 e. The molecule has 0 spiro atoms. The van der Waals surface area contributed by atoms with Crippen LogP contribution < -0.4 is 42.5 Å². The number of anilines is 1. The number of aliphatic hydroxyl groups excluding tert-OH is 3. The summed E-state index contributed by atoms with van der Waals surface area (Å²) in [5, 5.41) is 97.8. The molecule has 2 heterocycles. The van der Waals surface area contributed by atoms with Gasteiger partial charge in [0.05, 0.1) is 39.1 Å². The van der Waals surface area contributed by atoms with Crippen LogP contribution in [0.15, 0.2) is 78.8 Å². The summed E-state index contributed by atoms with van der Waals surface area (Å²) in [7, 11) is 0. The van der Waals surface area contributed by atoms with Gasteiger partial charge in [0.2, 0.25) is 35.4 Å². The van der Waals surface area contributed by atoms with Crippen molar-refractivity contribution >= 4 is 82.3 Å². The van der Waals surface area contributed by atoms with E-state index < -0.39 is 121 Å². The van der Waals surface area contributed by atoms with Crippen LogP contribution in [0.1, 0.15) is 55.8 Å². The Morgan fingerprint density at radius 3 is 1.76 bits per heavy atom. The zero-order valence-electron chi connectivity index (χ0n) is 47.8. The molecule has 1 aromatic heterocycles. The molecule has 1 unspecified atom stereocenters. The van der Waals surface area contributed by atoms with Gasteiger partial charge in [-0.25, -0.2) is 9.78 Å². The second-order valence-electron chi connectivity index (χ2n) is 20.4. The fourth-order valence-electron chi connectivity index (χ4n) is 8.80. The van der Waals surface area contributed by atoms with Gasteiger partial charge < -0.3 is 88.4 Å². The first kappa shape index (κ1) is 71.0. The van der Waals surface area contributed by atoms with Gasteiger partial charge in [-0.1, -0.05) is 48.5 Å². The Kier molecular flexibility index (Phi) is 30.3. The molecule has 0 fully saturated rings. The van der Waals surface area contributed by atoms with Crippen molar-refractivity contribution in [2.75, 3.05) is 77.4 Å². The Hall–Kier alpha value is -8.50. The van der Waals surface area contributed by atoms with E-state index >= 15 is 0 Å². The first-order chi connectivity index (χ1) is 41.4. The molecule has 1 aliphatic heterocycles. The fraction of sp³-hybridized carbons (Fsp3) is 0.491. The number of H-pyrrole nitrogens is 1. The Bertz CT molecular complexity index is 2810. The standard InChI is InChI=1S/C55H77N13O18S/c1-33(48(78)62-40(24-38-26-56-32-58-38)51(81)64-42(30-69)52(82)63-39(23-34-7-3-2-4-8-34)50(80)65-43(31-70)54(85)86)59-49(79)41(25-45(72)73)61-44(71)10-5-16-57-55(87)60-37-13-11-35(12-14-37)27-68-21-19-66(28-46(74)75)17-6-9-36(53(83)84)15-18-67(20-22-68)29-47(76)77/h2-4,7-9,11-14,26,32-33,39-43,53,69-70,83-84H,5-6,10,15-25,27-31H2,1H3,(H,56,58)(H,59,79)(H,61,71)(H,62,78)(H,63,82)(H,64,81)(H,65,80)(H,72,73)(H,74,75)(H,76,77)(H,85,86)(H2,57,60,87)/b36-9-/t33?,39-,40-,41-,42-,43-/m0/s1. The van der Waals surface area contributed by atoms with Crippen LogP contribution in [0.4, 0.5) is 5.69 Å². The molecular formula is C55H77N13O18S. The number of nitrogens with zero attached hydrogens (tertiary/aromatic N) is 4. The van der Waals surface area contributed by atoms with E-state index in [1.807, 2.05) is 12.1 Å². The molecule has 32 heteroatoms. The number of carboxylic acids is 4. The van der Waals surface area contributed by atoms with Crippen LogP contribution in [0, 0.1) is 0 Å². The Morgan fingerprint density at radius 2 is 1.18 bits per heavy atom. The average Bonchev–Trinajstić information content (AvgIpc) is 4.08. The molecule has 4 rings (SSSR count). The molecule has 3 aromatic rings. The quantitative estimate of drug-likeness (QED) is 0.0123. The summed E-state index contributed by atoms with van der Waals surface area (Å²) in [6.07, 6.45) is 1.73. The molecule has 6 atom stereocenters. The lowest BCUT2D eigenvalue weighted by molar-refractivity contribution is -0.143. The summed E-state index contributed by atoms with van der Waals surface area (Å²) < 4.78 is 0. The van der Waals surface area contributed by atoms with Crippen LogP contribution in [0.25, 0.3) is 0 Å². The number of nitrogens with one attached hydrogen (secondary N) is 9. The highest BCUT2D eigenvalue weighted by Crippen LogP contribution is 2.15. The maximum atomic E-state index is 13.8. The molecule has 17 N–H and O–H groups in total. The van der Waals surface area contributed by atoms with Crippen molar-refractivity contribution in [1.82, 2.24) is 61.9 Å². The monoisotopic (exact) mass is 1240 g/mol. The number of hydrogen-bond acceptors (Lipinski definition) is 19. The van der Waals surface area contributed by atoms with Crippen LogP contribution in [0.5, 0.6) is 0 Å². The number of aliphatic hydroxyl groups is 4.